The second kappa shape index (κ2) is 8.68. The van der Waals surface area contributed by atoms with E-state index in [4.69, 9.17) is 4.42 Å². The number of carbonyl (C=O) groups is 1. The second-order valence-electron chi connectivity index (χ2n) is 6.84. The molecule has 30 heavy (non-hydrogen) atoms. The molecule has 1 aromatic heterocycles. The van der Waals surface area contributed by atoms with Crippen molar-refractivity contribution in [2.75, 3.05) is 19.6 Å². The van der Waals surface area contributed by atoms with E-state index in [1.165, 1.54) is 41.6 Å². The molecule has 1 aromatic carbocycles. The highest BCUT2D eigenvalue weighted by Gasteiger charge is 2.32. The van der Waals surface area contributed by atoms with Gasteiger partial charge >= 0.3 is 6.36 Å². The molecule has 1 N–H and O–H groups in total. The maximum absolute atomic E-state index is 12.7. The van der Waals surface area contributed by atoms with Crippen molar-refractivity contribution >= 4 is 15.9 Å². The highest BCUT2D eigenvalue weighted by molar-refractivity contribution is 7.89. The van der Waals surface area contributed by atoms with Gasteiger partial charge in [-0.15, -0.1) is 13.2 Å². The van der Waals surface area contributed by atoms with Crippen molar-refractivity contribution in [3.8, 4) is 5.75 Å². The summed E-state index contributed by atoms with van der Waals surface area (Å²) < 4.78 is 72.3. The molecule has 1 saturated heterocycles. The minimum Gasteiger partial charge on any atom is -0.455 e. The van der Waals surface area contributed by atoms with E-state index in [-0.39, 0.29) is 28.7 Å². The molecule has 1 aliphatic rings. The number of nitrogens with one attached hydrogen (secondary N) is 1. The van der Waals surface area contributed by atoms with Crippen LogP contribution >= 0.6 is 0 Å². The lowest BCUT2D eigenvalue weighted by molar-refractivity contribution is -0.274. The molecule has 0 bridgehead atoms. The van der Waals surface area contributed by atoms with E-state index in [1.807, 2.05) is 0 Å². The Balaban J connectivity index is 1.57. The SMILES string of the molecule is Cc1oc(C(=O)NCCc2ccc(OC(F)(F)F)cc2)cc1S(=O)(=O)N1CCCC1. The predicted octanol–water partition coefficient (Wildman–Crippen LogP) is 3.24. The molecule has 0 aliphatic carbocycles. The van der Waals surface area contributed by atoms with Crippen LogP contribution < -0.4 is 10.1 Å². The summed E-state index contributed by atoms with van der Waals surface area (Å²) in [5, 5.41) is 2.61. The summed E-state index contributed by atoms with van der Waals surface area (Å²) in [5.74, 6) is -0.863. The topological polar surface area (TPSA) is 88.8 Å². The third-order valence-electron chi connectivity index (χ3n) is 4.64. The fourth-order valence-electron chi connectivity index (χ4n) is 3.17. The minimum atomic E-state index is -4.75. The van der Waals surface area contributed by atoms with Crippen LogP contribution in [0.1, 0.15) is 34.7 Å². The van der Waals surface area contributed by atoms with Crippen molar-refractivity contribution in [2.24, 2.45) is 0 Å². The van der Waals surface area contributed by atoms with Gasteiger partial charge in [0.05, 0.1) is 0 Å². The summed E-state index contributed by atoms with van der Waals surface area (Å²) in [6, 6.07) is 6.53. The number of sulfonamides is 1. The van der Waals surface area contributed by atoms with E-state index >= 15 is 0 Å². The lowest BCUT2D eigenvalue weighted by Gasteiger charge is -2.14. The van der Waals surface area contributed by atoms with Gasteiger partial charge in [0.15, 0.2) is 5.76 Å². The molecule has 0 atom stereocenters. The molecule has 2 aromatic rings. The van der Waals surface area contributed by atoms with Crippen LogP contribution in [0.3, 0.4) is 0 Å². The van der Waals surface area contributed by atoms with Gasteiger partial charge in [0.25, 0.3) is 5.91 Å². The molecule has 0 unspecified atom stereocenters. The summed E-state index contributed by atoms with van der Waals surface area (Å²) in [7, 11) is -3.70. The Morgan fingerprint density at radius 2 is 1.83 bits per heavy atom. The molecule has 0 spiro atoms. The Hall–Kier alpha value is -2.53. The zero-order valence-corrected chi connectivity index (χ0v) is 17.0. The van der Waals surface area contributed by atoms with Gasteiger partial charge in [-0.3, -0.25) is 4.79 Å². The lowest BCUT2D eigenvalue weighted by Crippen LogP contribution is -2.28. The van der Waals surface area contributed by atoms with Crippen molar-refractivity contribution in [3.63, 3.8) is 0 Å². The van der Waals surface area contributed by atoms with Gasteiger partial charge in [-0.05, 0) is 43.9 Å². The van der Waals surface area contributed by atoms with E-state index in [0.29, 0.717) is 25.1 Å². The van der Waals surface area contributed by atoms with Crippen molar-refractivity contribution in [2.45, 2.75) is 37.4 Å². The summed E-state index contributed by atoms with van der Waals surface area (Å²) >= 11 is 0. The van der Waals surface area contributed by atoms with Gasteiger partial charge < -0.3 is 14.5 Å². The molecular weight excluding hydrogens is 425 g/mol. The third kappa shape index (κ3) is 5.33. The van der Waals surface area contributed by atoms with Crippen molar-refractivity contribution in [3.05, 3.63) is 47.4 Å². The first-order chi connectivity index (χ1) is 14.1. The van der Waals surface area contributed by atoms with Crippen LogP contribution in [-0.4, -0.2) is 44.6 Å². The van der Waals surface area contributed by atoms with Gasteiger partial charge in [0, 0.05) is 25.7 Å². The number of rotatable bonds is 7. The highest BCUT2D eigenvalue weighted by Crippen LogP contribution is 2.26. The van der Waals surface area contributed by atoms with Crippen molar-refractivity contribution in [1.29, 1.82) is 0 Å². The Morgan fingerprint density at radius 1 is 1.20 bits per heavy atom. The smallest absolute Gasteiger partial charge is 0.455 e. The first-order valence-electron chi connectivity index (χ1n) is 9.30. The number of hydrogen-bond donors (Lipinski definition) is 1. The van der Waals surface area contributed by atoms with Crippen LogP contribution in [-0.2, 0) is 16.4 Å². The molecule has 3 rings (SSSR count). The number of benzene rings is 1. The normalized spacial score (nSPS) is 15.3. The van der Waals surface area contributed by atoms with Crippen LogP contribution in [0.15, 0.2) is 39.6 Å². The Kier molecular flexibility index (Phi) is 6.41. The zero-order valence-electron chi connectivity index (χ0n) is 16.2. The zero-order chi connectivity index (χ0) is 21.9. The molecule has 1 aliphatic heterocycles. The average Bonchev–Trinajstić information content (AvgIpc) is 3.32. The molecule has 164 valence electrons. The number of halogens is 3. The molecule has 7 nitrogen and oxygen atoms in total. The van der Waals surface area contributed by atoms with Crippen LogP contribution in [0.5, 0.6) is 5.75 Å². The number of aryl methyl sites for hydroxylation is 1. The van der Waals surface area contributed by atoms with Gasteiger partial charge in [-0.25, -0.2) is 8.42 Å². The summed E-state index contributed by atoms with van der Waals surface area (Å²) in [6.45, 7) is 2.57. The predicted molar refractivity (Wildman–Crippen MR) is 101 cm³/mol. The number of alkyl halides is 3. The van der Waals surface area contributed by atoms with Gasteiger partial charge in [-0.1, -0.05) is 12.1 Å². The van der Waals surface area contributed by atoms with Crippen LogP contribution in [0.2, 0.25) is 0 Å². The largest absolute Gasteiger partial charge is 0.573 e. The fraction of sp³-hybridized carbons (Fsp3) is 0.421. The van der Waals surface area contributed by atoms with Crippen LogP contribution in [0, 0.1) is 6.92 Å². The number of nitrogens with zero attached hydrogens (tertiary/aromatic N) is 1. The third-order valence-corrected chi connectivity index (χ3v) is 6.64. The highest BCUT2D eigenvalue weighted by atomic mass is 32.2. The first kappa shape index (κ1) is 22.2. The fourth-order valence-corrected chi connectivity index (χ4v) is 4.84. The van der Waals surface area contributed by atoms with Gasteiger partial charge in [0.1, 0.15) is 16.4 Å². The quantitative estimate of drug-likeness (QED) is 0.706. The Bertz CT molecular complexity index is 994. The minimum absolute atomic E-state index is 0.0187. The maximum Gasteiger partial charge on any atom is 0.573 e. The van der Waals surface area contributed by atoms with Crippen LogP contribution in [0.4, 0.5) is 13.2 Å². The summed E-state index contributed by atoms with van der Waals surface area (Å²) in [4.78, 5) is 12.3. The molecular formula is C19H21F3N2O5S. The van der Waals surface area contributed by atoms with Gasteiger partial charge in [-0.2, -0.15) is 4.31 Å². The second-order valence-corrected chi connectivity index (χ2v) is 8.75. The van der Waals surface area contributed by atoms with E-state index in [9.17, 15) is 26.4 Å². The number of hydrogen-bond acceptors (Lipinski definition) is 5. The number of ether oxygens (including phenoxy) is 1. The van der Waals surface area contributed by atoms with Gasteiger partial charge in [0.2, 0.25) is 10.0 Å². The molecule has 0 saturated carbocycles. The van der Waals surface area contributed by atoms with Crippen LogP contribution in [0.25, 0.3) is 0 Å². The van der Waals surface area contributed by atoms with E-state index in [1.54, 1.807) is 0 Å². The first-order valence-corrected chi connectivity index (χ1v) is 10.7. The number of furan rings is 1. The van der Waals surface area contributed by atoms with E-state index in [2.05, 4.69) is 10.1 Å². The average molecular weight is 446 g/mol. The number of amides is 1. The number of carbonyl (C=O) groups excluding carboxylic acids is 1. The Labute approximate surface area is 171 Å². The van der Waals surface area contributed by atoms with E-state index in [0.717, 1.165) is 12.8 Å². The maximum atomic E-state index is 12.7. The molecule has 1 fully saturated rings. The monoisotopic (exact) mass is 446 g/mol. The van der Waals surface area contributed by atoms with E-state index < -0.39 is 22.3 Å². The summed E-state index contributed by atoms with van der Waals surface area (Å²) in [5.41, 5.74) is 0.692. The van der Waals surface area contributed by atoms with Crippen molar-refractivity contribution in [1.82, 2.24) is 9.62 Å². The Morgan fingerprint density at radius 3 is 2.43 bits per heavy atom. The standard InChI is InChI=1S/C19H21F3N2O5S/c1-13-17(30(26,27)24-10-2-3-11-24)12-16(28-13)18(25)23-9-8-14-4-6-15(7-5-14)29-19(20,21)22/h4-7,12H,2-3,8-11H2,1H3,(H,23,25). The lowest BCUT2D eigenvalue weighted by atomic mass is 10.1. The van der Waals surface area contributed by atoms with Crippen molar-refractivity contribution < 1.29 is 35.5 Å². The molecule has 11 heteroatoms. The summed E-state index contributed by atoms with van der Waals surface area (Å²) in [6.07, 6.45) is -2.80. The molecule has 1 amide bonds. The molecule has 2 heterocycles. The molecule has 0 radical (unpaired) electrons.